The standard InChI is InChI=1S/C24H17F2N3O5/c25-16-11-9-15(10-12-16)23-28-22(34-29-23)14-33-24(31)17-5-1-4-8-20(17)32-13-21(30)27-19-7-3-2-6-18(19)26/h1-12H,13-14H2,(H,27,30). The Morgan fingerprint density at radius 3 is 2.47 bits per heavy atom. The van der Waals surface area contributed by atoms with E-state index in [0.717, 1.165) is 0 Å². The van der Waals surface area contributed by atoms with Gasteiger partial charge in [0.1, 0.15) is 22.9 Å². The van der Waals surface area contributed by atoms with Crippen molar-refractivity contribution in [3.63, 3.8) is 0 Å². The molecule has 0 aliphatic rings. The van der Waals surface area contributed by atoms with Gasteiger partial charge in [0.25, 0.3) is 11.8 Å². The third-order valence-corrected chi connectivity index (χ3v) is 4.51. The van der Waals surface area contributed by atoms with Crippen molar-refractivity contribution in [3.05, 3.63) is 95.9 Å². The average molecular weight is 465 g/mol. The van der Waals surface area contributed by atoms with Gasteiger partial charge in [0.05, 0.1) is 5.69 Å². The maximum Gasteiger partial charge on any atom is 0.342 e. The molecule has 3 aromatic carbocycles. The normalized spacial score (nSPS) is 10.5. The second-order valence-corrected chi connectivity index (χ2v) is 6.91. The number of nitrogens with zero attached hydrogens (tertiary/aromatic N) is 2. The van der Waals surface area contributed by atoms with E-state index in [9.17, 15) is 18.4 Å². The van der Waals surface area contributed by atoms with Crippen LogP contribution in [0, 0.1) is 11.6 Å². The maximum atomic E-state index is 13.7. The van der Waals surface area contributed by atoms with Gasteiger partial charge in [-0.05, 0) is 48.5 Å². The molecule has 0 bridgehead atoms. The van der Waals surface area contributed by atoms with Gasteiger partial charge in [-0.2, -0.15) is 4.98 Å². The number of aromatic nitrogens is 2. The molecule has 0 aliphatic carbocycles. The summed E-state index contributed by atoms with van der Waals surface area (Å²) >= 11 is 0. The van der Waals surface area contributed by atoms with E-state index in [2.05, 4.69) is 15.5 Å². The van der Waals surface area contributed by atoms with Gasteiger partial charge in [0, 0.05) is 5.56 Å². The summed E-state index contributed by atoms with van der Waals surface area (Å²) in [7, 11) is 0. The highest BCUT2D eigenvalue weighted by Crippen LogP contribution is 2.21. The summed E-state index contributed by atoms with van der Waals surface area (Å²) in [6.07, 6.45) is 0. The first-order valence-electron chi connectivity index (χ1n) is 10.0. The second kappa shape index (κ2) is 10.3. The molecule has 0 atom stereocenters. The SMILES string of the molecule is O=C(COc1ccccc1C(=O)OCc1nc(-c2ccc(F)cc2)no1)Nc1ccccc1F. The number of ether oxygens (including phenoxy) is 2. The molecule has 0 fully saturated rings. The van der Waals surface area contributed by atoms with Crippen molar-refractivity contribution < 1.29 is 32.4 Å². The highest BCUT2D eigenvalue weighted by molar-refractivity contribution is 5.94. The maximum absolute atomic E-state index is 13.7. The number of esters is 1. The predicted molar refractivity (Wildman–Crippen MR) is 116 cm³/mol. The lowest BCUT2D eigenvalue weighted by molar-refractivity contribution is -0.118. The Morgan fingerprint density at radius 2 is 1.68 bits per heavy atom. The molecular formula is C24H17F2N3O5. The van der Waals surface area contributed by atoms with Crippen LogP contribution in [0.2, 0.25) is 0 Å². The van der Waals surface area contributed by atoms with E-state index in [1.807, 2.05) is 0 Å². The summed E-state index contributed by atoms with van der Waals surface area (Å²) in [4.78, 5) is 28.8. The van der Waals surface area contributed by atoms with Crippen LogP contribution in [-0.4, -0.2) is 28.6 Å². The molecule has 0 saturated carbocycles. The molecule has 34 heavy (non-hydrogen) atoms. The number of halogens is 2. The van der Waals surface area contributed by atoms with Crippen LogP contribution in [0.5, 0.6) is 5.75 Å². The molecule has 0 unspecified atom stereocenters. The van der Waals surface area contributed by atoms with Crippen molar-refractivity contribution in [2.24, 2.45) is 0 Å². The number of hydrogen-bond acceptors (Lipinski definition) is 7. The van der Waals surface area contributed by atoms with Crippen LogP contribution in [0.25, 0.3) is 11.4 Å². The zero-order chi connectivity index (χ0) is 23.9. The summed E-state index contributed by atoms with van der Waals surface area (Å²) in [5, 5.41) is 6.17. The van der Waals surface area contributed by atoms with Gasteiger partial charge < -0.3 is 19.3 Å². The molecule has 0 aliphatic heterocycles. The topological polar surface area (TPSA) is 104 Å². The largest absolute Gasteiger partial charge is 0.483 e. The van der Waals surface area contributed by atoms with Crippen molar-refractivity contribution in [1.82, 2.24) is 10.1 Å². The highest BCUT2D eigenvalue weighted by Gasteiger charge is 2.17. The molecule has 172 valence electrons. The van der Waals surface area contributed by atoms with E-state index >= 15 is 0 Å². The number of anilines is 1. The molecule has 0 spiro atoms. The van der Waals surface area contributed by atoms with Crippen LogP contribution in [0.4, 0.5) is 14.5 Å². The number of hydrogen-bond donors (Lipinski definition) is 1. The van der Waals surface area contributed by atoms with E-state index in [4.69, 9.17) is 14.0 Å². The van der Waals surface area contributed by atoms with Gasteiger partial charge in [0.15, 0.2) is 13.2 Å². The van der Waals surface area contributed by atoms with E-state index in [-0.39, 0.29) is 35.3 Å². The molecule has 1 amide bonds. The van der Waals surface area contributed by atoms with Crippen LogP contribution in [0.3, 0.4) is 0 Å². The summed E-state index contributed by atoms with van der Waals surface area (Å²) in [6.45, 7) is -0.765. The molecular weight excluding hydrogens is 448 g/mol. The zero-order valence-electron chi connectivity index (χ0n) is 17.5. The smallest absolute Gasteiger partial charge is 0.342 e. The van der Waals surface area contributed by atoms with Crippen LogP contribution in [0.15, 0.2) is 77.3 Å². The number of nitrogens with one attached hydrogen (secondary N) is 1. The van der Waals surface area contributed by atoms with Crippen molar-refractivity contribution in [2.45, 2.75) is 6.61 Å². The molecule has 8 nitrogen and oxygen atoms in total. The first kappa shape index (κ1) is 22.6. The molecule has 4 aromatic rings. The molecule has 1 aromatic heterocycles. The van der Waals surface area contributed by atoms with Gasteiger partial charge in [0.2, 0.25) is 5.82 Å². The van der Waals surface area contributed by atoms with Crippen molar-refractivity contribution in [2.75, 3.05) is 11.9 Å². The Bertz CT molecular complexity index is 1310. The Hall–Kier alpha value is -4.60. The van der Waals surface area contributed by atoms with Crippen LogP contribution >= 0.6 is 0 Å². The fraction of sp³-hybridized carbons (Fsp3) is 0.0833. The van der Waals surface area contributed by atoms with E-state index in [0.29, 0.717) is 5.56 Å². The van der Waals surface area contributed by atoms with Crippen molar-refractivity contribution in [3.8, 4) is 17.1 Å². The van der Waals surface area contributed by atoms with Gasteiger partial charge in [-0.3, -0.25) is 4.79 Å². The Morgan fingerprint density at radius 1 is 0.941 bits per heavy atom. The fourth-order valence-electron chi connectivity index (χ4n) is 2.89. The summed E-state index contributed by atoms with van der Waals surface area (Å²) in [5.41, 5.74) is 0.623. The molecule has 10 heteroatoms. The van der Waals surface area contributed by atoms with Crippen LogP contribution in [0.1, 0.15) is 16.2 Å². The Labute approximate surface area is 192 Å². The summed E-state index contributed by atoms with van der Waals surface area (Å²) < 4.78 is 42.4. The highest BCUT2D eigenvalue weighted by atomic mass is 19.1. The third kappa shape index (κ3) is 5.60. The number of amides is 1. The number of para-hydroxylation sites is 2. The fourth-order valence-corrected chi connectivity index (χ4v) is 2.89. The van der Waals surface area contributed by atoms with Crippen LogP contribution in [-0.2, 0) is 16.1 Å². The average Bonchev–Trinajstić information content (AvgIpc) is 3.32. The minimum atomic E-state index is -0.744. The lowest BCUT2D eigenvalue weighted by Crippen LogP contribution is -2.21. The molecule has 4 rings (SSSR count). The number of rotatable bonds is 8. The summed E-state index contributed by atoms with van der Waals surface area (Å²) in [6, 6.07) is 17.4. The monoisotopic (exact) mass is 465 g/mol. The molecule has 0 saturated heterocycles. The van der Waals surface area contributed by atoms with Crippen molar-refractivity contribution >= 4 is 17.6 Å². The lowest BCUT2D eigenvalue weighted by atomic mass is 10.2. The minimum absolute atomic E-state index is 0.0170. The first-order chi connectivity index (χ1) is 16.5. The lowest BCUT2D eigenvalue weighted by Gasteiger charge is -2.11. The van der Waals surface area contributed by atoms with Gasteiger partial charge in [-0.25, -0.2) is 13.6 Å². The minimum Gasteiger partial charge on any atom is -0.483 e. The van der Waals surface area contributed by atoms with Crippen LogP contribution < -0.4 is 10.1 Å². The first-order valence-corrected chi connectivity index (χ1v) is 10.0. The quantitative estimate of drug-likeness (QED) is 0.385. The van der Waals surface area contributed by atoms with Gasteiger partial charge in [-0.1, -0.05) is 29.4 Å². The number of benzene rings is 3. The summed E-state index contributed by atoms with van der Waals surface area (Å²) in [5.74, 6) is -1.96. The van der Waals surface area contributed by atoms with E-state index in [1.54, 1.807) is 18.2 Å². The third-order valence-electron chi connectivity index (χ3n) is 4.51. The molecule has 0 radical (unpaired) electrons. The predicted octanol–water partition coefficient (Wildman–Crippen LogP) is 4.39. The second-order valence-electron chi connectivity index (χ2n) is 6.91. The number of carbonyl (C=O) groups is 2. The van der Waals surface area contributed by atoms with E-state index in [1.165, 1.54) is 54.6 Å². The molecule has 1 heterocycles. The van der Waals surface area contributed by atoms with Gasteiger partial charge in [-0.15, -0.1) is 0 Å². The Kier molecular flexibility index (Phi) is 6.87. The molecule has 1 N–H and O–H groups in total. The zero-order valence-corrected chi connectivity index (χ0v) is 17.5. The number of carbonyl (C=O) groups excluding carboxylic acids is 2. The van der Waals surface area contributed by atoms with Gasteiger partial charge >= 0.3 is 5.97 Å². The Balaban J connectivity index is 1.35. The van der Waals surface area contributed by atoms with Crippen molar-refractivity contribution in [1.29, 1.82) is 0 Å². The van der Waals surface area contributed by atoms with E-state index < -0.39 is 30.1 Å².